The van der Waals surface area contributed by atoms with Crippen molar-refractivity contribution < 1.29 is 13.2 Å². The van der Waals surface area contributed by atoms with Gasteiger partial charge in [0.25, 0.3) is 0 Å². The second-order valence-corrected chi connectivity index (χ2v) is 4.17. The van der Waals surface area contributed by atoms with E-state index in [-0.39, 0.29) is 5.56 Å². The molecule has 1 aromatic carbocycles. The fourth-order valence-corrected chi connectivity index (χ4v) is 1.99. The van der Waals surface area contributed by atoms with E-state index in [2.05, 4.69) is 4.98 Å². The minimum Gasteiger partial charge on any atom is -0.320 e. The maximum Gasteiger partial charge on any atom is 0.194 e. The van der Waals surface area contributed by atoms with Gasteiger partial charge >= 0.3 is 0 Å². The van der Waals surface area contributed by atoms with Gasteiger partial charge in [-0.25, -0.2) is 13.2 Å². The van der Waals surface area contributed by atoms with Crippen molar-refractivity contribution in [3.8, 4) is 0 Å². The van der Waals surface area contributed by atoms with Crippen LogP contribution in [0.4, 0.5) is 13.2 Å². The average molecular weight is 266 g/mol. The molecule has 0 radical (unpaired) electrons. The molecule has 0 amide bonds. The SMILES string of the molecule is CCc1cnccc1C(N)c1ccc(F)c(F)c1F. The van der Waals surface area contributed by atoms with Crippen molar-refractivity contribution in [2.24, 2.45) is 5.73 Å². The summed E-state index contributed by atoms with van der Waals surface area (Å²) in [5.74, 6) is -3.97. The minimum absolute atomic E-state index is 0.0696. The van der Waals surface area contributed by atoms with Crippen LogP contribution in [0.1, 0.15) is 29.7 Å². The monoisotopic (exact) mass is 266 g/mol. The second kappa shape index (κ2) is 5.40. The molecule has 2 rings (SSSR count). The third kappa shape index (κ3) is 2.46. The lowest BCUT2D eigenvalue weighted by atomic mass is 9.95. The van der Waals surface area contributed by atoms with Crippen molar-refractivity contribution in [3.63, 3.8) is 0 Å². The predicted molar refractivity (Wildman–Crippen MR) is 66.0 cm³/mol. The number of aryl methyl sites for hydroxylation is 1. The highest BCUT2D eigenvalue weighted by Gasteiger charge is 2.20. The van der Waals surface area contributed by atoms with Crippen LogP contribution in [0.15, 0.2) is 30.6 Å². The first kappa shape index (κ1) is 13.5. The Bertz CT molecular complexity index is 599. The lowest BCUT2D eigenvalue weighted by molar-refractivity contribution is 0.438. The van der Waals surface area contributed by atoms with Gasteiger partial charge in [0.2, 0.25) is 0 Å². The van der Waals surface area contributed by atoms with Gasteiger partial charge in [-0.3, -0.25) is 4.98 Å². The predicted octanol–water partition coefficient (Wildman–Crippen LogP) is 3.11. The summed E-state index contributed by atoms with van der Waals surface area (Å²) >= 11 is 0. The quantitative estimate of drug-likeness (QED) is 0.867. The van der Waals surface area contributed by atoms with Crippen LogP contribution in [-0.2, 0) is 6.42 Å². The summed E-state index contributed by atoms with van der Waals surface area (Å²) in [5.41, 5.74) is 7.39. The van der Waals surface area contributed by atoms with E-state index in [1.54, 1.807) is 12.3 Å². The van der Waals surface area contributed by atoms with Gasteiger partial charge in [-0.2, -0.15) is 0 Å². The van der Waals surface area contributed by atoms with Gasteiger partial charge in [0, 0.05) is 18.0 Å². The summed E-state index contributed by atoms with van der Waals surface area (Å²) in [4.78, 5) is 3.96. The Labute approximate surface area is 109 Å². The molecule has 1 atom stereocenters. The van der Waals surface area contributed by atoms with Gasteiger partial charge in [-0.15, -0.1) is 0 Å². The van der Waals surface area contributed by atoms with Crippen LogP contribution in [0.3, 0.4) is 0 Å². The summed E-state index contributed by atoms with van der Waals surface area (Å²) in [5, 5.41) is 0. The van der Waals surface area contributed by atoms with Crippen LogP contribution in [-0.4, -0.2) is 4.98 Å². The third-order valence-electron chi connectivity index (χ3n) is 3.06. The molecule has 0 aliphatic heterocycles. The number of nitrogens with two attached hydrogens (primary N) is 1. The van der Waals surface area contributed by atoms with Gasteiger partial charge in [-0.05, 0) is 29.7 Å². The molecule has 0 bridgehead atoms. The lowest BCUT2D eigenvalue weighted by Crippen LogP contribution is -2.17. The van der Waals surface area contributed by atoms with Gasteiger partial charge in [0.1, 0.15) is 0 Å². The number of pyridine rings is 1. The van der Waals surface area contributed by atoms with Crippen molar-refractivity contribution >= 4 is 0 Å². The van der Waals surface area contributed by atoms with E-state index < -0.39 is 23.5 Å². The van der Waals surface area contributed by atoms with E-state index in [4.69, 9.17) is 5.73 Å². The molecule has 0 aliphatic carbocycles. The highest BCUT2D eigenvalue weighted by molar-refractivity contribution is 5.36. The van der Waals surface area contributed by atoms with Crippen LogP contribution in [0, 0.1) is 17.5 Å². The molecular weight excluding hydrogens is 253 g/mol. The molecule has 0 spiro atoms. The highest BCUT2D eigenvalue weighted by Crippen LogP contribution is 2.26. The number of nitrogens with zero attached hydrogens (tertiary/aromatic N) is 1. The number of hydrogen-bond donors (Lipinski definition) is 1. The van der Waals surface area contributed by atoms with Crippen LogP contribution < -0.4 is 5.73 Å². The zero-order chi connectivity index (χ0) is 14.0. The van der Waals surface area contributed by atoms with Gasteiger partial charge in [0.05, 0.1) is 6.04 Å². The van der Waals surface area contributed by atoms with Crippen molar-refractivity contribution in [1.29, 1.82) is 0 Å². The largest absolute Gasteiger partial charge is 0.320 e. The Kier molecular flexibility index (Phi) is 3.85. The molecule has 1 unspecified atom stereocenters. The molecule has 1 heterocycles. The first-order valence-corrected chi connectivity index (χ1v) is 5.88. The van der Waals surface area contributed by atoms with E-state index in [1.807, 2.05) is 6.92 Å². The fourth-order valence-electron chi connectivity index (χ4n) is 1.99. The van der Waals surface area contributed by atoms with Crippen LogP contribution in [0.25, 0.3) is 0 Å². The zero-order valence-corrected chi connectivity index (χ0v) is 10.3. The van der Waals surface area contributed by atoms with Crippen molar-refractivity contribution in [2.45, 2.75) is 19.4 Å². The molecule has 0 fully saturated rings. The van der Waals surface area contributed by atoms with E-state index in [0.29, 0.717) is 12.0 Å². The van der Waals surface area contributed by atoms with Crippen molar-refractivity contribution in [3.05, 3.63) is 64.7 Å². The van der Waals surface area contributed by atoms with Crippen molar-refractivity contribution in [2.75, 3.05) is 0 Å². The summed E-state index contributed by atoms with van der Waals surface area (Å²) in [6.45, 7) is 1.91. The van der Waals surface area contributed by atoms with E-state index in [0.717, 1.165) is 17.7 Å². The van der Waals surface area contributed by atoms with Crippen LogP contribution in [0.2, 0.25) is 0 Å². The molecular formula is C14H13F3N2. The number of halogens is 3. The number of benzene rings is 1. The summed E-state index contributed by atoms with van der Waals surface area (Å²) in [6, 6.07) is 2.84. The molecule has 19 heavy (non-hydrogen) atoms. The highest BCUT2D eigenvalue weighted by atomic mass is 19.2. The van der Waals surface area contributed by atoms with E-state index in [9.17, 15) is 13.2 Å². The molecule has 0 aliphatic rings. The second-order valence-electron chi connectivity index (χ2n) is 4.17. The molecule has 2 aromatic rings. The fraction of sp³-hybridized carbons (Fsp3) is 0.214. The number of rotatable bonds is 3. The Morgan fingerprint density at radius 2 is 1.84 bits per heavy atom. The first-order chi connectivity index (χ1) is 9.06. The molecule has 2 N–H and O–H groups in total. The molecule has 5 heteroatoms. The third-order valence-corrected chi connectivity index (χ3v) is 3.06. The first-order valence-electron chi connectivity index (χ1n) is 5.88. The van der Waals surface area contributed by atoms with Gasteiger partial charge < -0.3 is 5.73 Å². The summed E-state index contributed by atoms with van der Waals surface area (Å²) < 4.78 is 39.9. The summed E-state index contributed by atoms with van der Waals surface area (Å²) in [6.07, 6.45) is 3.83. The minimum atomic E-state index is -1.50. The standard InChI is InChI=1S/C14H13F3N2/c1-2-8-7-19-6-5-9(8)14(18)10-3-4-11(15)13(17)12(10)16/h3-7,14H,2,18H2,1H3. The lowest BCUT2D eigenvalue weighted by Gasteiger charge is -2.16. The van der Waals surface area contributed by atoms with Gasteiger partial charge in [-0.1, -0.05) is 13.0 Å². The molecule has 1 aromatic heterocycles. The Hall–Kier alpha value is -1.88. The average Bonchev–Trinajstić information content (AvgIpc) is 2.44. The zero-order valence-electron chi connectivity index (χ0n) is 10.3. The Balaban J connectivity index is 2.50. The maximum absolute atomic E-state index is 13.7. The van der Waals surface area contributed by atoms with Crippen molar-refractivity contribution in [1.82, 2.24) is 4.98 Å². The van der Waals surface area contributed by atoms with Crippen LogP contribution in [0.5, 0.6) is 0 Å². The summed E-state index contributed by atoms with van der Waals surface area (Å²) in [7, 11) is 0. The molecule has 0 saturated heterocycles. The smallest absolute Gasteiger partial charge is 0.194 e. The maximum atomic E-state index is 13.7. The molecule has 100 valence electrons. The Morgan fingerprint density at radius 3 is 2.53 bits per heavy atom. The normalized spacial score (nSPS) is 12.5. The number of hydrogen-bond acceptors (Lipinski definition) is 2. The number of aromatic nitrogens is 1. The Morgan fingerprint density at radius 1 is 1.11 bits per heavy atom. The van der Waals surface area contributed by atoms with Gasteiger partial charge in [0.15, 0.2) is 17.5 Å². The molecule has 2 nitrogen and oxygen atoms in total. The van der Waals surface area contributed by atoms with E-state index in [1.165, 1.54) is 6.20 Å². The van der Waals surface area contributed by atoms with E-state index >= 15 is 0 Å². The van der Waals surface area contributed by atoms with Crippen LogP contribution >= 0.6 is 0 Å². The topological polar surface area (TPSA) is 38.9 Å². The molecule has 0 saturated carbocycles.